The van der Waals surface area contributed by atoms with Gasteiger partial charge in [-0.25, -0.2) is 0 Å². The lowest BCUT2D eigenvalue weighted by Gasteiger charge is -2.28. The van der Waals surface area contributed by atoms with Gasteiger partial charge in [0.2, 0.25) is 0 Å². The first-order chi connectivity index (χ1) is 33.2. The van der Waals surface area contributed by atoms with Crippen LogP contribution in [0.2, 0.25) is 0 Å². The largest absolute Gasteiger partial charge is 0.455 e. The molecule has 0 saturated carbocycles. The number of benzene rings is 11. The monoisotopic (exact) mass is 854 g/mol. The fourth-order valence-electron chi connectivity index (χ4n) is 10.3. The molecule has 13 aromatic rings. The fourth-order valence-corrected chi connectivity index (χ4v) is 10.3. The van der Waals surface area contributed by atoms with E-state index in [1.54, 1.807) is 0 Å². The van der Waals surface area contributed by atoms with Crippen LogP contribution in [0.25, 0.3) is 105 Å². The van der Waals surface area contributed by atoms with E-state index in [2.05, 4.69) is 252 Å². The van der Waals surface area contributed by atoms with Crippen molar-refractivity contribution in [3.8, 4) is 50.2 Å². The first-order valence-electron chi connectivity index (χ1n) is 22.9. The molecule has 3 heteroatoms. The Labute approximate surface area is 388 Å². The van der Waals surface area contributed by atoms with Gasteiger partial charge in [0.05, 0.1) is 22.4 Å². The molecular weight excluding hydrogens is 813 g/mol. The zero-order valence-corrected chi connectivity index (χ0v) is 36.6. The van der Waals surface area contributed by atoms with Gasteiger partial charge in [0.1, 0.15) is 11.2 Å². The van der Waals surface area contributed by atoms with E-state index in [-0.39, 0.29) is 0 Å². The summed E-state index contributed by atoms with van der Waals surface area (Å²) < 4.78 is 8.91. The third-order valence-electron chi connectivity index (χ3n) is 13.4. The third-order valence-corrected chi connectivity index (χ3v) is 13.4. The van der Waals surface area contributed by atoms with Crippen molar-refractivity contribution in [3.05, 3.63) is 255 Å². The molecular formula is C64H42N2O. The van der Waals surface area contributed by atoms with E-state index in [4.69, 9.17) is 4.42 Å². The summed E-state index contributed by atoms with van der Waals surface area (Å²) in [7, 11) is 0. The van der Waals surface area contributed by atoms with Crippen LogP contribution < -0.4 is 4.90 Å². The van der Waals surface area contributed by atoms with Gasteiger partial charge in [-0.2, -0.15) is 0 Å². The van der Waals surface area contributed by atoms with Gasteiger partial charge in [-0.1, -0.05) is 194 Å². The van der Waals surface area contributed by atoms with E-state index < -0.39 is 0 Å². The molecule has 3 nitrogen and oxygen atoms in total. The van der Waals surface area contributed by atoms with Crippen molar-refractivity contribution < 1.29 is 4.42 Å². The first-order valence-corrected chi connectivity index (χ1v) is 22.9. The predicted molar refractivity (Wildman–Crippen MR) is 282 cm³/mol. The van der Waals surface area contributed by atoms with Gasteiger partial charge in [-0.05, 0) is 99.3 Å². The maximum atomic E-state index is 6.49. The van der Waals surface area contributed by atoms with E-state index in [9.17, 15) is 0 Å². The number of nitrogens with zero attached hydrogens (tertiary/aromatic N) is 2. The third kappa shape index (κ3) is 6.51. The zero-order chi connectivity index (χ0) is 44.3. The minimum absolute atomic E-state index is 0.899. The topological polar surface area (TPSA) is 21.3 Å². The molecule has 0 spiro atoms. The zero-order valence-electron chi connectivity index (χ0n) is 36.6. The van der Waals surface area contributed by atoms with Gasteiger partial charge in [-0.15, -0.1) is 0 Å². The molecule has 0 unspecified atom stereocenters. The molecule has 67 heavy (non-hydrogen) atoms. The van der Waals surface area contributed by atoms with Crippen LogP contribution in [0.4, 0.5) is 17.1 Å². The molecule has 0 saturated heterocycles. The highest BCUT2D eigenvalue weighted by Crippen LogP contribution is 2.45. The second kappa shape index (κ2) is 16.0. The van der Waals surface area contributed by atoms with E-state index >= 15 is 0 Å². The van der Waals surface area contributed by atoms with Crippen molar-refractivity contribution in [1.82, 2.24) is 4.57 Å². The Morgan fingerprint density at radius 1 is 0.313 bits per heavy atom. The van der Waals surface area contributed by atoms with Crippen LogP contribution >= 0.6 is 0 Å². The van der Waals surface area contributed by atoms with Crippen molar-refractivity contribution in [2.75, 3.05) is 4.90 Å². The van der Waals surface area contributed by atoms with Crippen molar-refractivity contribution >= 4 is 71.6 Å². The Morgan fingerprint density at radius 3 is 1.55 bits per heavy atom. The van der Waals surface area contributed by atoms with Crippen molar-refractivity contribution in [3.63, 3.8) is 0 Å². The van der Waals surface area contributed by atoms with Crippen LogP contribution in [0.15, 0.2) is 259 Å². The average molecular weight is 855 g/mol. The van der Waals surface area contributed by atoms with Gasteiger partial charge >= 0.3 is 0 Å². The van der Waals surface area contributed by atoms with E-state index in [0.29, 0.717) is 0 Å². The molecule has 0 atom stereocenters. The quantitative estimate of drug-likeness (QED) is 0.152. The minimum atomic E-state index is 0.899. The summed E-state index contributed by atoms with van der Waals surface area (Å²) in [6.45, 7) is 0. The SMILES string of the molecule is c1cc(-c2ccccc2N(c2ccc(-c3cccc4ccccc34)cc2)c2ccc(-c3cccc4c3oc3ccccc34)cc2)cc(-c2ccccc2-n2c3ccccc3c3ccccc32)c1. The molecule has 0 fully saturated rings. The number of hydrogen-bond acceptors (Lipinski definition) is 2. The van der Waals surface area contributed by atoms with Crippen LogP contribution in [-0.2, 0) is 0 Å². The number of hydrogen-bond donors (Lipinski definition) is 0. The van der Waals surface area contributed by atoms with Crippen LogP contribution in [0.5, 0.6) is 0 Å². The van der Waals surface area contributed by atoms with Crippen molar-refractivity contribution in [2.45, 2.75) is 0 Å². The molecule has 0 aliphatic carbocycles. The Hall–Kier alpha value is -8.92. The van der Waals surface area contributed by atoms with Gasteiger partial charge in [0.15, 0.2) is 0 Å². The summed E-state index contributed by atoms with van der Waals surface area (Å²) in [6.07, 6.45) is 0. The van der Waals surface area contributed by atoms with Crippen LogP contribution in [0, 0.1) is 0 Å². The van der Waals surface area contributed by atoms with Crippen LogP contribution in [0.3, 0.4) is 0 Å². The van der Waals surface area contributed by atoms with Gasteiger partial charge < -0.3 is 13.9 Å². The lowest BCUT2D eigenvalue weighted by atomic mass is 9.95. The summed E-state index contributed by atoms with van der Waals surface area (Å²) in [6, 6.07) is 91.9. The molecule has 2 aromatic heterocycles. The van der Waals surface area contributed by atoms with Gasteiger partial charge in [-0.3, -0.25) is 0 Å². The van der Waals surface area contributed by atoms with Crippen molar-refractivity contribution in [2.24, 2.45) is 0 Å². The normalized spacial score (nSPS) is 11.6. The van der Waals surface area contributed by atoms with E-state index in [1.807, 2.05) is 12.1 Å². The fraction of sp³-hybridized carbons (Fsp3) is 0. The number of aromatic nitrogens is 1. The Kier molecular flexibility index (Phi) is 9.17. The maximum Gasteiger partial charge on any atom is 0.143 e. The average Bonchev–Trinajstić information content (AvgIpc) is 3.95. The first kappa shape index (κ1) is 38.5. The molecule has 11 aromatic carbocycles. The summed E-state index contributed by atoms with van der Waals surface area (Å²) >= 11 is 0. The summed E-state index contributed by atoms with van der Waals surface area (Å²) in [5.74, 6) is 0. The second-order valence-electron chi connectivity index (χ2n) is 17.2. The number of furan rings is 1. The number of fused-ring (bicyclic) bond motifs is 7. The summed E-state index contributed by atoms with van der Waals surface area (Å²) in [5, 5.41) is 7.23. The lowest BCUT2D eigenvalue weighted by molar-refractivity contribution is 0.670. The van der Waals surface area contributed by atoms with E-state index in [0.717, 1.165) is 72.5 Å². The Morgan fingerprint density at radius 2 is 0.806 bits per heavy atom. The smallest absolute Gasteiger partial charge is 0.143 e. The van der Waals surface area contributed by atoms with Gasteiger partial charge in [0.25, 0.3) is 0 Å². The molecule has 0 amide bonds. The molecule has 0 bridgehead atoms. The molecule has 314 valence electrons. The lowest BCUT2D eigenvalue weighted by Crippen LogP contribution is -2.11. The number of para-hydroxylation sites is 6. The maximum absolute atomic E-state index is 6.49. The number of rotatable bonds is 8. The highest BCUT2D eigenvalue weighted by Gasteiger charge is 2.21. The molecule has 0 N–H and O–H groups in total. The molecule has 13 rings (SSSR count). The highest BCUT2D eigenvalue weighted by molar-refractivity contribution is 6.11. The van der Waals surface area contributed by atoms with Crippen LogP contribution in [-0.4, -0.2) is 4.57 Å². The molecule has 0 radical (unpaired) electrons. The predicted octanol–water partition coefficient (Wildman–Crippen LogP) is 18.0. The molecule has 0 aliphatic rings. The second-order valence-corrected chi connectivity index (χ2v) is 17.2. The molecule has 0 aliphatic heterocycles. The van der Waals surface area contributed by atoms with Gasteiger partial charge in [0, 0.05) is 49.6 Å². The van der Waals surface area contributed by atoms with Crippen LogP contribution in [0.1, 0.15) is 0 Å². The number of anilines is 3. The summed E-state index contributed by atoms with van der Waals surface area (Å²) in [4.78, 5) is 2.40. The molecule has 2 heterocycles. The van der Waals surface area contributed by atoms with E-state index in [1.165, 1.54) is 49.3 Å². The summed E-state index contributed by atoms with van der Waals surface area (Å²) in [5.41, 5.74) is 17.7. The van der Waals surface area contributed by atoms with Crippen molar-refractivity contribution in [1.29, 1.82) is 0 Å². The minimum Gasteiger partial charge on any atom is -0.455 e. The Bertz CT molecular complexity index is 3930. The highest BCUT2D eigenvalue weighted by atomic mass is 16.3. The Balaban J connectivity index is 0.946. The standard InChI is InChI=1S/C64H42N2O/c1-2-20-50-43(16-1)17-14-26-51(50)44-34-38-48(39-35-44)65(49-40-36-45(37-41-49)54-27-15-28-58-57-25-7-12-33-63(57)67-64(54)58)59-29-8-3-21-52(59)46-18-13-19-47(42-46)53-22-4-9-30-60(53)66-61-31-10-5-23-55(61)56-24-6-11-32-62(56)66/h1-42H.